The van der Waals surface area contributed by atoms with Gasteiger partial charge in [-0.15, -0.1) is 0 Å². The van der Waals surface area contributed by atoms with Crippen molar-refractivity contribution in [3.63, 3.8) is 0 Å². The molecule has 2 aromatic rings. The molecule has 0 radical (unpaired) electrons. The van der Waals surface area contributed by atoms with Crippen LogP contribution in [0.3, 0.4) is 0 Å². The van der Waals surface area contributed by atoms with Gasteiger partial charge in [0.15, 0.2) is 17.6 Å². The van der Waals surface area contributed by atoms with Gasteiger partial charge in [-0.25, -0.2) is 4.79 Å². The second kappa shape index (κ2) is 16.2. The monoisotopic (exact) mass is 735 g/mol. The van der Waals surface area contributed by atoms with Crippen molar-refractivity contribution in [1.29, 1.82) is 0 Å². The number of phenolic OH excluding ortho intramolecular Hbond substituents is 1. The Kier molecular flexibility index (Phi) is 12.5. The molecule has 22 heteroatoms. The maximum Gasteiger partial charge on any atom is 0.330 e. The predicted molar refractivity (Wildman–Crippen MR) is 164 cm³/mol. The Hall–Kier alpha value is -3.64. The van der Waals surface area contributed by atoms with Gasteiger partial charge in [-0.2, -0.15) is 0 Å². The summed E-state index contributed by atoms with van der Waals surface area (Å²) in [5.41, 5.74) is 7.00. The molecule has 0 saturated carbocycles. The van der Waals surface area contributed by atoms with E-state index in [-0.39, 0.29) is 52.9 Å². The number of ether oxygens (including phenoxy) is 4. The van der Waals surface area contributed by atoms with Crippen LogP contribution in [0.5, 0.6) is 11.5 Å². The molecule has 1 aromatic heterocycles. The van der Waals surface area contributed by atoms with Crippen LogP contribution in [-0.2, 0) is 44.0 Å². The van der Waals surface area contributed by atoms with Crippen LogP contribution in [0.15, 0.2) is 32.1 Å². The molecule has 48 heavy (non-hydrogen) atoms. The number of benzene rings is 1. The van der Waals surface area contributed by atoms with Gasteiger partial charge >= 0.3 is 11.7 Å². The number of rotatable bonds is 14. The molecule has 3 heterocycles. The van der Waals surface area contributed by atoms with Crippen molar-refractivity contribution >= 4 is 43.2 Å². The van der Waals surface area contributed by atoms with Crippen molar-refractivity contribution in [1.82, 2.24) is 9.55 Å². The standard InChI is InChI=1S/C26H31Cl2N6O13P/c1-12-14(4-22(44-12)45-13(2)35)10-42-48(39,40)43-11-20-18(47-31-8-16-17(27)5-19(41-3)24(36)23(16)28)6-21(46-20)34-9-15(7-30-33-29)25(37)32-26(34)38/h5,8-9,12,14,18,20-22,36H,4,6-7,10-11H2,1-3H3,(H,39,40)(H,32,37,38)/p-1/b31-8+/t12-,14+,18-,20-,21-,22+/m1/s1. The number of methoxy groups -OCH3 is 1. The normalized spacial score (nSPS) is 25.0. The summed E-state index contributed by atoms with van der Waals surface area (Å²) >= 11 is 12.4. The first kappa shape index (κ1) is 37.2. The molecule has 0 aliphatic carbocycles. The van der Waals surface area contributed by atoms with Crippen LogP contribution in [-0.4, -0.2) is 71.8 Å². The average molecular weight is 736 g/mol. The number of hydrogen-bond acceptors (Lipinski definition) is 15. The maximum absolute atomic E-state index is 12.7. The number of carbonyl (C=O) groups excluding carboxylic acids is 1. The molecular weight excluding hydrogens is 706 g/mol. The lowest BCUT2D eigenvalue weighted by Gasteiger charge is -2.27. The number of esters is 1. The highest BCUT2D eigenvalue weighted by molar-refractivity contribution is 7.45. The second-order valence-corrected chi connectivity index (χ2v) is 12.7. The lowest BCUT2D eigenvalue weighted by molar-refractivity contribution is -0.229. The van der Waals surface area contributed by atoms with Gasteiger partial charge < -0.3 is 42.8 Å². The van der Waals surface area contributed by atoms with Gasteiger partial charge in [-0.3, -0.25) is 23.7 Å². The molecule has 1 unspecified atom stereocenters. The van der Waals surface area contributed by atoms with Gasteiger partial charge in [0.2, 0.25) is 6.29 Å². The molecule has 19 nitrogen and oxygen atoms in total. The first-order valence-corrected chi connectivity index (χ1v) is 16.3. The highest BCUT2D eigenvalue weighted by atomic mass is 35.5. The molecule has 2 N–H and O–H groups in total. The number of H-pyrrole nitrogens is 1. The van der Waals surface area contributed by atoms with Crippen LogP contribution >= 0.6 is 31.0 Å². The Morgan fingerprint density at radius 1 is 1.29 bits per heavy atom. The summed E-state index contributed by atoms with van der Waals surface area (Å²) in [6.45, 7) is 1.55. The Bertz CT molecular complexity index is 1750. The lowest BCUT2D eigenvalue weighted by Crippen LogP contribution is -2.34. The topological polar surface area (TPSA) is 258 Å². The zero-order valence-electron chi connectivity index (χ0n) is 25.5. The number of phosphoric acid groups is 1. The zero-order valence-corrected chi connectivity index (χ0v) is 27.9. The van der Waals surface area contributed by atoms with E-state index in [1.54, 1.807) is 6.92 Å². The molecule has 0 amide bonds. The zero-order chi connectivity index (χ0) is 35.2. The Morgan fingerprint density at radius 3 is 2.71 bits per heavy atom. The van der Waals surface area contributed by atoms with Crippen molar-refractivity contribution in [3.05, 3.63) is 64.7 Å². The van der Waals surface area contributed by atoms with E-state index in [9.17, 15) is 28.9 Å². The number of azide groups is 1. The van der Waals surface area contributed by atoms with Gasteiger partial charge in [-0.05, 0) is 12.5 Å². The Morgan fingerprint density at radius 2 is 2.02 bits per heavy atom. The summed E-state index contributed by atoms with van der Waals surface area (Å²) in [5, 5.41) is 17.3. The van der Waals surface area contributed by atoms with E-state index in [2.05, 4.69) is 20.2 Å². The first-order chi connectivity index (χ1) is 22.7. The van der Waals surface area contributed by atoms with Crippen molar-refractivity contribution in [2.24, 2.45) is 16.2 Å². The molecule has 1 aromatic carbocycles. The van der Waals surface area contributed by atoms with Crippen LogP contribution in [0.1, 0.15) is 44.0 Å². The fourth-order valence-corrected chi connectivity index (χ4v) is 6.14. The minimum absolute atomic E-state index is 0.0156. The summed E-state index contributed by atoms with van der Waals surface area (Å²) in [6.07, 6.45) is -2.38. The largest absolute Gasteiger partial charge is 0.756 e. The van der Waals surface area contributed by atoms with Crippen molar-refractivity contribution < 1.29 is 52.2 Å². The van der Waals surface area contributed by atoms with E-state index >= 15 is 0 Å². The number of phenols is 1. The summed E-state index contributed by atoms with van der Waals surface area (Å²) in [5.74, 6) is -1.37. The number of carbonyl (C=O) groups is 1. The third-order valence-electron chi connectivity index (χ3n) is 7.29. The number of aromatic amines is 1. The van der Waals surface area contributed by atoms with E-state index in [0.29, 0.717) is 0 Å². The van der Waals surface area contributed by atoms with Crippen LogP contribution in [0.4, 0.5) is 0 Å². The lowest BCUT2D eigenvalue weighted by atomic mass is 10.0. The minimum Gasteiger partial charge on any atom is -0.756 e. The van der Waals surface area contributed by atoms with Gasteiger partial charge in [-0.1, -0.05) is 33.5 Å². The molecule has 0 bridgehead atoms. The molecule has 7 atom stereocenters. The van der Waals surface area contributed by atoms with E-state index in [4.69, 9.17) is 61.6 Å². The summed E-state index contributed by atoms with van der Waals surface area (Å²) in [6, 6.07) is 1.30. The van der Waals surface area contributed by atoms with Crippen LogP contribution in [0, 0.1) is 5.92 Å². The number of hydrogen-bond donors (Lipinski definition) is 2. The number of halogens is 2. The number of oxime groups is 1. The van der Waals surface area contributed by atoms with Gasteiger partial charge in [0.05, 0.1) is 49.2 Å². The average Bonchev–Trinajstić information content (AvgIpc) is 3.59. The highest BCUT2D eigenvalue weighted by Gasteiger charge is 2.40. The summed E-state index contributed by atoms with van der Waals surface area (Å²) in [4.78, 5) is 59.1. The fourth-order valence-electron chi connectivity index (χ4n) is 4.83. The molecular formula is C26H30Cl2N6O13P-. The molecule has 0 spiro atoms. The SMILES string of the molecule is COc1cc(Cl)c(/C=N/O[C@@H]2C[C@H](n3cc(CN=[N+]=[N-])c(=O)[nH]c3=O)O[C@@H]2COP(=O)([O-])OC[C@@H]2C[C@H](OC(C)=O)O[C@@H]2C)c(Cl)c1O. The minimum atomic E-state index is -4.95. The van der Waals surface area contributed by atoms with Crippen molar-refractivity contribution in [3.8, 4) is 11.5 Å². The molecule has 2 aliphatic heterocycles. The van der Waals surface area contributed by atoms with Crippen LogP contribution < -0.4 is 20.9 Å². The molecule has 2 saturated heterocycles. The quantitative estimate of drug-likeness (QED) is 0.0539. The smallest absolute Gasteiger partial charge is 0.330 e. The third-order valence-corrected chi connectivity index (χ3v) is 8.92. The number of nitrogens with one attached hydrogen (secondary N) is 1. The Balaban J connectivity index is 1.50. The van der Waals surface area contributed by atoms with Crippen molar-refractivity contribution in [2.75, 3.05) is 20.3 Å². The highest BCUT2D eigenvalue weighted by Crippen LogP contribution is 2.43. The van der Waals surface area contributed by atoms with E-state index in [0.717, 1.165) is 17.0 Å². The van der Waals surface area contributed by atoms with E-state index in [1.165, 1.54) is 20.1 Å². The molecule has 262 valence electrons. The summed E-state index contributed by atoms with van der Waals surface area (Å²) in [7, 11) is -3.64. The van der Waals surface area contributed by atoms with Crippen LogP contribution in [0.2, 0.25) is 10.0 Å². The first-order valence-electron chi connectivity index (χ1n) is 14.1. The number of aromatic nitrogens is 2. The van der Waals surface area contributed by atoms with Crippen molar-refractivity contribution in [2.45, 2.75) is 64.1 Å². The molecule has 2 aliphatic rings. The number of phosphoric ester groups is 1. The molecule has 4 rings (SSSR count). The Labute approximate surface area is 281 Å². The number of aromatic hydroxyl groups is 1. The van der Waals surface area contributed by atoms with Crippen LogP contribution in [0.25, 0.3) is 10.4 Å². The van der Waals surface area contributed by atoms with Gasteiger partial charge in [0, 0.05) is 54.0 Å². The van der Waals surface area contributed by atoms with Gasteiger partial charge in [0.25, 0.3) is 13.4 Å². The second-order valence-electron chi connectivity index (χ2n) is 10.5. The third kappa shape index (κ3) is 9.28. The summed E-state index contributed by atoms with van der Waals surface area (Å²) < 4.78 is 45.3. The van der Waals surface area contributed by atoms with E-state index in [1.807, 2.05) is 0 Å². The van der Waals surface area contributed by atoms with E-state index < -0.39 is 74.1 Å². The maximum atomic E-state index is 12.7. The fraction of sp³-hybridized carbons (Fsp3) is 0.538. The molecule has 2 fully saturated rings. The predicted octanol–water partition coefficient (Wildman–Crippen LogP) is 2.89. The number of nitrogens with zero attached hydrogens (tertiary/aromatic N) is 5. The van der Waals surface area contributed by atoms with Gasteiger partial charge in [0.1, 0.15) is 12.3 Å².